The third-order valence-electron chi connectivity index (χ3n) is 3.15. The first-order valence-corrected chi connectivity index (χ1v) is 6.21. The van der Waals surface area contributed by atoms with Gasteiger partial charge in [-0.25, -0.2) is 0 Å². The van der Waals surface area contributed by atoms with E-state index in [1.807, 2.05) is 12.1 Å². The van der Waals surface area contributed by atoms with Crippen LogP contribution in [0.25, 0.3) is 0 Å². The number of nitrogens with zero attached hydrogens (tertiary/aromatic N) is 1. The molecule has 0 radical (unpaired) electrons. The van der Waals surface area contributed by atoms with Crippen LogP contribution in [0.15, 0.2) is 48.5 Å². The number of nitrogens with two attached hydrogens (primary N) is 1. The van der Waals surface area contributed by atoms with Crippen molar-refractivity contribution in [2.45, 2.75) is 0 Å². The maximum absolute atomic E-state index is 12.6. The Balaban J connectivity index is 2.02. The van der Waals surface area contributed by atoms with Gasteiger partial charge in [-0.05, 0) is 30.3 Å². The van der Waals surface area contributed by atoms with Crippen molar-refractivity contribution in [1.82, 2.24) is 0 Å². The lowest BCUT2D eigenvalue weighted by Crippen LogP contribution is -2.42. The van der Waals surface area contributed by atoms with Crippen molar-refractivity contribution in [3.63, 3.8) is 0 Å². The maximum Gasteiger partial charge on any atom is 0.258 e. The molecule has 3 N–H and O–H groups in total. The van der Waals surface area contributed by atoms with Crippen LogP contribution in [0.4, 0.5) is 17.1 Å². The quantitative estimate of drug-likeness (QED) is 0.774. The first-order valence-electron chi connectivity index (χ1n) is 6.21. The van der Waals surface area contributed by atoms with Crippen molar-refractivity contribution in [3.05, 3.63) is 54.1 Å². The molecule has 0 spiro atoms. The highest BCUT2D eigenvalue weighted by Gasteiger charge is 2.27. The zero-order valence-corrected chi connectivity index (χ0v) is 10.7. The first-order chi connectivity index (χ1) is 9.65. The van der Waals surface area contributed by atoms with Gasteiger partial charge in [-0.2, -0.15) is 0 Å². The van der Waals surface area contributed by atoms with Crippen LogP contribution in [0.3, 0.4) is 0 Å². The van der Waals surface area contributed by atoms with Crippen LogP contribution in [0, 0.1) is 0 Å². The van der Waals surface area contributed by atoms with Gasteiger partial charge in [0.25, 0.3) is 5.91 Å². The SMILES string of the molecule is Nc1cccc(C(=O)N2CC(=O)Nc3ccccc32)c1. The Morgan fingerprint density at radius 1 is 1.15 bits per heavy atom. The lowest BCUT2D eigenvalue weighted by molar-refractivity contribution is -0.115. The zero-order chi connectivity index (χ0) is 14.1. The molecular weight excluding hydrogens is 254 g/mol. The standard InChI is InChI=1S/C15H13N3O2/c16-11-5-3-4-10(8-11)15(20)18-9-14(19)17-12-6-1-2-7-13(12)18/h1-8H,9,16H2,(H,17,19). The predicted octanol–water partition coefficient (Wildman–Crippen LogP) is 1.87. The number of nitrogen functional groups attached to an aromatic ring is 1. The summed E-state index contributed by atoms with van der Waals surface area (Å²) in [6.07, 6.45) is 0. The number of carbonyl (C=O) groups is 2. The molecule has 0 aromatic heterocycles. The molecule has 100 valence electrons. The second kappa shape index (κ2) is 4.70. The average molecular weight is 267 g/mol. The van der Waals surface area contributed by atoms with Gasteiger partial charge >= 0.3 is 0 Å². The van der Waals surface area contributed by atoms with Crippen LogP contribution in [0.1, 0.15) is 10.4 Å². The normalized spacial score (nSPS) is 13.6. The molecule has 0 saturated carbocycles. The van der Waals surface area contributed by atoms with Gasteiger partial charge in [0.2, 0.25) is 5.91 Å². The molecular formula is C15H13N3O2. The molecule has 0 saturated heterocycles. The Labute approximate surface area is 116 Å². The number of carbonyl (C=O) groups excluding carboxylic acids is 2. The zero-order valence-electron chi connectivity index (χ0n) is 10.7. The summed E-state index contributed by atoms with van der Waals surface area (Å²) in [5.74, 6) is -0.444. The lowest BCUT2D eigenvalue weighted by Gasteiger charge is -2.29. The van der Waals surface area contributed by atoms with E-state index < -0.39 is 0 Å². The van der Waals surface area contributed by atoms with Gasteiger partial charge in [-0.15, -0.1) is 0 Å². The Bertz CT molecular complexity index is 697. The first kappa shape index (κ1) is 12.2. The average Bonchev–Trinajstić information content (AvgIpc) is 2.45. The van der Waals surface area contributed by atoms with E-state index in [1.54, 1.807) is 36.4 Å². The summed E-state index contributed by atoms with van der Waals surface area (Å²) in [5, 5.41) is 2.75. The topological polar surface area (TPSA) is 75.4 Å². The molecule has 2 aromatic carbocycles. The molecule has 0 atom stereocenters. The van der Waals surface area contributed by atoms with Gasteiger partial charge in [0, 0.05) is 11.3 Å². The van der Waals surface area contributed by atoms with Crippen molar-refractivity contribution in [2.24, 2.45) is 0 Å². The fraction of sp³-hybridized carbons (Fsp3) is 0.0667. The van der Waals surface area contributed by atoms with E-state index in [0.29, 0.717) is 22.6 Å². The van der Waals surface area contributed by atoms with Crippen LogP contribution in [0.5, 0.6) is 0 Å². The summed E-state index contributed by atoms with van der Waals surface area (Å²) in [5.41, 5.74) is 8.02. The van der Waals surface area contributed by atoms with Gasteiger partial charge in [-0.1, -0.05) is 18.2 Å². The predicted molar refractivity (Wildman–Crippen MR) is 77.6 cm³/mol. The second-order valence-corrected chi connectivity index (χ2v) is 4.58. The summed E-state index contributed by atoms with van der Waals surface area (Å²) >= 11 is 0. The van der Waals surface area contributed by atoms with E-state index in [1.165, 1.54) is 4.90 Å². The van der Waals surface area contributed by atoms with E-state index >= 15 is 0 Å². The molecule has 2 amide bonds. The minimum Gasteiger partial charge on any atom is -0.399 e. The van der Waals surface area contributed by atoms with E-state index in [9.17, 15) is 9.59 Å². The van der Waals surface area contributed by atoms with Gasteiger partial charge in [-0.3, -0.25) is 14.5 Å². The molecule has 1 aliphatic rings. The smallest absolute Gasteiger partial charge is 0.258 e. The second-order valence-electron chi connectivity index (χ2n) is 4.58. The number of benzene rings is 2. The Hall–Kier alpha value is -2.82. The van der Waals surface area contributed by atoms with Crippen LogP contribution in [-0.4, -0.2) is 18.4 Å². The van der Waals surface area contributed by atoms with Crippen LogP contribution in [0.2, 0.25) is 0 Å². The number of anilines is 3. The van der Waals surface area contributed by atoms with Gasteiger partial charge in [0.05, 0.1) is 11.4 Å². The molecule has 0 aliphatic carbocycles. The van der Waals surface area contributed by atoms with Crippen molar-refractivity contribution >= 4 is 28.9 Å². The van der Waals surface area contributed by atoms with Crippen LogP contribution < -0.4 is 16.0 Å². The molecule has 1 heterocycles. The van der Waals surface area contributed by atoms with Crippen molar-refractivity contribution in [3.8, 4) is 0 Å². The molecule has 5 nitrogen and oxygen atoms in total. The maximum atomic E-state index is 12.6. The van der Waals surface area contributed by atoms with Crippen LogP contribution in [-0.2, 0) is 4.79 Å². The fourth-order valence-corrected chi connectivity index (χ4v) is 2.24. The van der Waals surface area contributed by atoms with Gasteiger partial charge in [0.15, 0.2) is 0 Å². The monoisotopic (exact) mass is 267 g/mol. The summed E-state index contributed by atoms with van der Waals surface area (Å²) < 4.78 is 0. The Morgan fingerprint density at radius 3 is 2.75 bits per heavy atom. The number of hydrogen-bond acceptors (Lipinski definition) is 3. The number of fused-ring (bicyclic) bond motifs is 1. The minimum absolute atomic E-state index is 0.00461. The van der Waals surface area contributed by atoms with Crippen molar-refractivity contribution < 1.29 is 9.59 Å². The van der Waals surface area contributed by atoms with E-state index in [-0.39, 0.29) is 18.4 Å². The highest BCUT2D eigenvalue weighted by atomic mass is 16.2. The number of para-hydroxylation sites is 2. The van der Waals surface area contributed by atoms with E-state index in [0.717, 1.165) is 0 Å². The molecule has 1 aliphatic heterocycles. The molecule has 0 bridgehead atoms. The minimum atomic E-state index is -0.236. The number of nitrogens with one attached hydrogen (secondary N) is 1. The third-order valence-corrected chi connectivity index (χ3v) is 3.15. The summed E-state index contributed by atoms with van der Waals surface area (Å²) in [6, 6.07) is 14.0. The third kappa shape index (κ3) is 2.09. The molecule has 3 rings (SSSR count). The summed E-state index contributed by atoms with van der Waals surface area (Å²) in [4.78, 5) is 25.7. The van der Waals surface area contributed by atoms with Gasteiger partial charge < -0.3 is 11.1 Å². The molecule has 0 unspecified atom stereocenters. The molecule has 20 heavy (non-hydrogen) atoms. The van der Waals surface area contributed by atoms with Crippen LogP contribution >= 0.6 is 0 Å². The van der Waals surface area contributed by atoms with Crippen molar-refractivity contribution in [1.29, 1.82) is 0 Å². The molecule has 2 aromatic rings. The highest BCUT2D eigenvalue weighted by Crippen LogP contribution is 2.30. The number of rotatable bonds is 1. The molecule has 0 fully saturated rings. The lowest BCUT2D eigenvalue weighted by atomic mass is 10.1. The number of hydrogen-bond donors (Lipinski definition) is 2. The summed E-state index contributed by atoms with van der Waals surface area (Å²) in [7, 11) is 0. The Morgan fingerprint density at radius 2 is 1.95 bits per heavy atom. The fourth-order valence-electron chi connectivity index (χ4n) is 2.24. The van der Waals surface area contributed by atoms with E-state index in [2.05, 4.69) is 5.32 Å². The largest absolute Gasteiger partial charge is 0.399 e. The van der Waals surface area contributed by atoms with Gasteiger partial charge in [0.1, 0.15) is 6.54 Å². The Kier molecular flexibility index (Phi) is 2.87. The van der Waals surface area contributed by atoms with E-state index in [4.69, 9.17) is 5.73 Å². The summed E-state index contributed by atoms with van der Waals surface area (Å²) in [6.45, 7) is 0.00461. The molecule has 5 heteroatoms. The number of amides is 2. The van der Waals surface area contributed by atoms with Crippen molar-refractivity contribution in [2.75, 3.05) is 22.5 Å². The highest BCUT2D eigenvalue weighted by molar-refractivity contribution is 6.15.